The third-order valence-corrected chi connectivity index (χ3v) is 9.22. The number of hydrogen-bond donors (Lipinski definition) is 1. The minimum Gasteiger partial charge on any atom is -0.259 e. The van der Waals surface area contributed by atoms with Crippen LogP contribution in [0.25, 0.3) is 0 Å². The minimum absolute atomic E-state index is 0.742. The summed E-state index contributed by atoms with van der Waals surface area (Å²) in [5.74, 6) is 0. The molecule has 1 N–H and O–H groups in total. The Morgan fingerprint density at radius 2 is 1.07 bits per heavy atom. The lowest BCUT2D eigenvalue weighted by Gasteiger charge is -2.28. The topological polar surface area (TPSA) is 12.0 Å². The van der Waals surface area contributed by atoms with Gasteiger partial charge in [-0.15, -0.1) is 0 Å². The number of benzene rings is 2. The van der Waals surface area contributed by atoms with Crippen molar-refractivity contribution in [3.8, 4) is 0 Å². The third-order valence-electron chi connectivity index (χ3n) is 4.14. The molecule has 1 nitrogen and oxygen atoms in total. The minimum atomic E-state index is -0.742. The molecule has 0 aliphatic rings. The second-order valence-electron chi connectivity index (χ2n) is 6.06. The molecular formula is C26H29NP2. The molecule has 3 heteroatoms. The summed E-state index contributed by atoms with van der Waals surface area (Å²) in [6.07, 6.45) is 16.4. The van der Waals surface area contributed by atoms with E-state index in [-0.39, 0.29) is 0 Å². The maximum Gasteiger partial charge on any atom is 0.0291 e. The van der Waals surface area contributed by atoms with Gasteiger partial charge in [0, 0.05) is 16.1 Å². The van der Waals surface area contributed by atoms with Crippen LogP contribution < -0.4 is 15.5 Å². The molecule has 0 aliphatic carbocycles. The summed E-state index contributed by atoms with van der Waals surface area (Å²) in [6.45, 7) is 11.9. The summed E-state index contributed by atoms with van der Waals surface area (Å²) >= 11 is 0. The average Bonchev–Trinajstić information content (AvgIpc) is 2.78. The highest BCUT2D eigenvalue weighted by Gasteiger charge is 2.22. The molecule has 148 valence electrons. The lowest BCUT2D eigenvalue weighted by molar-refractivity contribution is 1.56. The first-order chi connectivity index (χ1) is 14.2. The van der Waals surface area contributed by atoms with E-state index < -0.39 is 16.1 Å². The van der Waals surface area contributed by atoms with Gasteiger partial charge in [-0.25, -0.2) is 0 Å². The van der Waals surface area contributed by atoms with Gasteiger partial charge in [0.05, 0.1) is 0 Å². The number of rotatable bonds is 10. The Bertz CT molecular complexity index is 817. The van der Waals surface area contributed by atoms with Crippen LogP contribution >= 0.6 is 16.1 Å². The van der Waals surface area contributed by atoms with E-state index in [0.29, 0.717) is 0 Å². The van der Waals surface area contributed by atoms with E-state index in [0.717, 1.165) is 0 Å². The molecule has 0 aliphatic heterocycles. The Morgan fingerprint density at radius 1 is 0.690 bits per heavy atom. The van der Waals surface area contributed by atoms with Gasteiger partial charge >= 0.3 is 0 Å². The van der Waals surface area contributed by atoms with Crippen LogP contribution in [-0.2, 0) is 0 Å². The van der Waals surface area contributed by atoms with Crippen LogP contribution in [0.15, 0.2) is 133 Å². The molecule has 2 unspecified atom stereocenters. The molecule has 0 bridgehead atoms. The van der Waals surface area contributed by atoms with Crippen molar-refractivity contribution in [3.63, 3.8) is 0 Å². The van der Waals surface area contributed by atoms with Crippen LogP contribution in [0, 0.1) is 0 Å². The van der Waals surface area contributed by atoms with Gasteiger partial charge in [0.1, 0.15) is 0 Å². The van der Waals surface area contributed by atoms with E-state index in [1.165, 1.54) is 21.2 Å². The predicted molar refractivity (Wildman–Crippen MR) is 135 cm³/mol. The largest absolute Gasteiger partial charge is 0.259 e. The summed E-state index contributed by atoms with van der Waals surface area (Å²) in [4.78, 5) is 4.03. The molecule has 0 saturated heterocycles. The Hall–Kier alpha value is -2.30. The van der Waals surface area contributed by atoms with Crippen molar-refractivity contribution in [2.24, 2.45) is 0 Å². The molecule has 2 aromatic rings. The number of allylic oxidation sites excluding steroid dienone is 10. The first-order valence-corrected chi connectivity index (χ1v) is 12.3. The zero-order valence-electron chi connectivity index (χ0n) is 17.2. The van der Waals surface area contributed by atoms with Crippen LogP contribution in [0.5, 0.6) is 0 Å². The molecule has 0 heterocycles. The van der Waals surface area contributed by atoms with Gasteiger partial charge < -0.3 is 0 Å². The maximum absolute atomic E-state index is 4.03. The molecule has 0 amide bonds. The van der Waals surface area contributed by atoms with Gasteiger partial charge in [0.2, 0.25) is 0 Å². The van der Waals surface area contributed by atoms with E-state index in [4.69, 9.17) is 0 Å². The SMILES string of the molecule is C=C/C=C\C(=C/C)P(NP(C(/C=C\C=C)=C/C)c1ccccc1)c1ccccc1. The molecule has 0 aromatic heterocycles. The fourth-order valence-electron chi connectivity index (χ4n) is 2.72. The van der Waals surface area contributed by atoms with Crippen LogP contribution in [0.2, 0.25) is 0 Å². The number of hydrogen-bond acceptors (Lipinski definition) is 1. The third kappa shape index (κ3) is 6.91. The van der Waals surface area contributed by atoms with E-state index in [1.807, 2.05) is 24.3 Å². The number of nitrogens with one attached hydrogen (secondary N) is 1. The van der Waals surface area contributed by atoms with Crippen molar-refractivity contribution < 1.29 is 0 Å². The molecular weight excluding hydrogens is 388 g/mol. The molecule has 0 spiro atoms. The predicted octanol–water partition coefficient (Wildman–Crippen LogP) is 7.31. The monoisotopic (exact) mass is 417 g/mol. The molecule has 2 aromatic carbocycles. The molecule has 0 radical (unpaired) electrons. The zero-order chi connectivity index (χ0) is 20.9. The molecule has 0 saturated carbocycles. The fraction of sp³-hybridized carbons (Fsp3) is 0.0769. The summed E-state index contributed by atoms with van der Waals surface area (Å²) in [5.41, 5.74) is 0. The first-order valence-electron chi connectivity index (χ1n) is 9.62. The quantitative estimate of drug-likeness (QED) is 0.316. The summed E-state index contributed by atoms with van der Waals surface area (Å²) < 4.78 is 0. The first kappa shape index (κ1) is 23.0. The van der Waals surface area contributed by atoms with Crippen molar-refractivity contribution in [1.82, 2.24) is 4.86 Å². The van der Waals surface area contributed by atoms with E-state index in [9.17, 15) is 0 Å². The Morgan fingerprint density at radius 3 is 1.38 bits per heavy atom. The van der Waals surface area contributed by atoms with Crippen molar-refractivity contribution in [2.45, 2.75) is 13.8 Å². The van der Waals surface area contributed by atoms with Gasteiger partial charge in [-0.2, -0.15) is 0 Å². The van der Waals surface area contributed by atoms with E-state index >= 15 is 0 Å². The molecule has 2 rings (SSSR count). The van der Waals surface area contributed by atoms with Crippen molar-refractivity contribution >= 4 is 26.8 Å². The highest BCUT2D eigenvalue weighted by Crippen LogP contribution is 2.53. The zero-order valence-corrected chi connectivity index (χ0v) is 19.0. The Kier molecular flexibility index (Phi) is 10.3. The van der Waals surface area contributed by atoms with Gasteiger partial charge in [-0.3, -0.25) is 4.86 Å². The molecule has 0 fully saturated rings. The highest BCUT2D eigenvalue weighted by molar-refractivity contribution is 7.82. The Labute approximate surface area is 178 Å². The van der Waals surface area contributed by atoms with Gasteiger partial charge in [0.25, 0.3) is 0 Å². The lowest BCUT2D eigenvalue weighted by atomic mass is 10.4. The normalized spacial score (nSPS) is 14.8. The van der Waals surface area contributed by atoms with Gasteiger partial charge in [-0.1, -0.05) is 122 Å². The average molecular weight is 417 g/mol. The maximum atomic E-state index is 4.03. The lowest BCUT2D eigenvalue weighted by Crippen LogP contribution is -2.18. The Balaban J connectivity index is 2.54. The van der Waals surface area contributed by atoms with Crippen molar-refractivity contribution in [1.29, 1.82) is 0 Å². The summed E-state index contributed by atoms with van der Waals surface area (Å²) in [5, 5.41) is 5.15. The summed E-state index contributed by atoms with van der Waals surface area (Å²) in [7, 11) is -1.48. The second-order valence-corrected chi connectivity index (χ2v) is 10.3. The van der Waals surface area contributed by atoms with Crippen LogP contribution in [0.3, 0.4) is 0 Å². The van der Waals surface area contributed by atoms with Crippen molar-refractivity contribution in [3.05, 3.63) is 133 Å². The smallest absolute Gasteiger partial charge is 0.0291 e. The molecule has 29 heavy (non-hydrogen) atoms. The van der Waals surface area contributed by atoms with E-state index in [1.54, 1.807) is 0 Å². The second kappa shape index (κ2) is 13.0. The van der Waals surface area contributed by atoms with Crippen LogP contribution in [0.4, 0.5) is 0 Å². The van der Waals surface area contributed by atoms with Crippen LogP contribution in [-0.4, -0.2) is 0 Å². The fourth-order valence-corrected chi connectivity index (χ4v) is 7.89. The van der Waals surface area contributed by atoms with Gasteiger partial charge in [0.15, 0.2) is 0 Å². The van der Waals surface area contributed by atoms with Crippen molar-refractivity contribution in [2.75, 3.05) is 0 Å². The standard InChI is InChI=1S/C26H29NP2/c1-5-9-17-23(7-3)28(25-19-13-11-14-20-25)27-29(24(8-4)18-10-6-2)26-21-15-12-16-22-26/h5-22,27H,1-2H2,3-4H3/b17-9-,18-10-,23-7+,24-8+. The summed E-state index contributed by atoms with van der Waals surface area (Å²) in [6, 6.07) is 21.4. The molecule has 2 atom stereocenters. The van der Waals surface area contributed by atoms with Crippen LogP contribution in [0.1, 0.15) is 13.8 Å². The highest BCUT2D eigenvalue weighted by atomic mass is 31.2. The van der Waals surface area contributed by atoms with E-state index in [2.05, 4.69) is 117 Å². The van der Waals surface area contributed by atoms with Gasteiger partial charge in [-0.05, 0) is 35.1 Å².